The molecule has 54 heavy (non-hydrogen) atoms. The second-order valence-electron chi connectivity index (χ2n) is 14.4. The van der Waals surface area contributed by atoms with E-state index in [1.807, 2.05) is 58.0 Å². The van der Waals surface area contributed by atoms with Gasteiger partial charge in [0.05, 0.1) is 35.1 Å². The van der Waals surface area contributed by atoms with Gasteiger partial charge < -0.3 is 24.4 Å². The Morgan fingerprint density at radius 3 is 2.52 bits per heavy atom. The Balaban J connectivity index is 1.24. The van der Waals surface area contributed by atoms with Crippen molar-refractivity contribution < 1.29 is 37.3 Å². The van der Waals surface area contributed by atoms with Crippen LogP contribution in [0.2, 0.25) is 0 Å². The molecule has 2 aliphatic rings. The first-order chi connectivity index (χ1) is 25.8. The minimum absolute atomic E-state index is 0.161. The zero-order valence-electron chi connectivity index (χ0n) is 31.2. The number of nitrogens with zero attached hydrogens (tertiary/aromatic N) is 4. The molecule has 0 spiro atoms. The number of likely N-dealkylation sites (tertiary alicyclic amines) is 2. The van der Waals surface area contributed by atoms with E-state index < -0.39 is 40.5 Å². The zero-order valence-corrected chi connectivity index (χ0v) is 32.0. The molecule has 0 saturated carbocycles. The van der Waals surface area contributed by atoms with Crippen LogP contribution >= 0.6 is 11.3 Å². The van der Waals surface area contributed by atoms with Crippen LogP contribution in [-0.4, -0.2) is 79.8 Å². The number of aromatic amines is 1. The predicted octanol–water partition coefficient (Wildman–Crippen LogP) is 7.55. The number of aryl methyl sites for hydroxylation is 3. The van der Waals surface area contributed by atoms with Crippen LogP contribution < -0.4 is 9.47 Å². The number of aliphatic hydroxyl groups is 1. The van der Waals surface area contributed by atoms with Gasteiger partial charge in [0.15, 0.2) is 0 Å². The lowest BCUT2D eigenvalue weighted by molar-refractivity contribution is -0.163. The van der Waals surface area contributed by atoms with Crippen molar-refractivity contribution in [3.05, 3.63) is 92.7 Å². The molecule has 3 aromatic heterocycles. The molecular formula is C40H48F3N5O5S. The third-order valence-electron chi connectivity index (χ3n) is 10.8. The third-order valence-corrected chi connectivity index (χ3v) is 11.6. The summed E-state index contributed by atoms with van der Waals surface area (Å²) in [6.07, 6.45) is 0.696. The average molecular weight is 768 g/mol. The number of nitrogens with one attached hydrogen (secondary N) is 1. The van der Waals surface area contributed by atoms with Crippen LogP contribution in [0.1, 0.15) is 95.2 Å². The van der Waals surface area contributed by atoms with Crippen LogP contribution in [0.3, 0.4) is 0 Å². The molecule has 2 atom stereocenters. The number of amides is 2. The normalized spacial score (nSPS) is 20.2. The summed E-state index contributed by atoms with van der Waals surface area (Å²) in [6.45, 7) is 8.80. The van der Waals surface area contributed by atoms with Crippen molar-refractivity contribution in [2.75, 3.05) is 26.2 Å². The Labute approximate surface area is 317 Å². The fourth-order valence-corrected chi connectivity index (χ4v) is 8.62. The lowest BCUT2D eigenvalue weighted by Crippen LogP contribution is -2.68. The molecule has 1 aromatic carbocycles. The Morgan fingerprint density at radius 2 is 1.85 bits per heavy atom. The lowest BCUT2D eigenvalue weighted by Gasteiger charge is -2.51. The molecule has 2 saturated heterocycles. The van der Waals surface area contributed by atoms with Gasteiger partial charge >= 0.3 is 6.18 Å². The van der Waals surface area contributed by atoms with E-state index in [0.717, 1.165) is 47.6 Å². The van der Waals surface area contributed by atoms with E-state index in [0.29, 0.717) is 42.9 Å². The summed E-state index contributed by atoms with van der Waals surface area (Å²) in [5.41, 5.74) is -0.627. The van der Waals surface area contributed by atoms with E-state index in [1.54, 1.807) is 10.3 Å². The Kier molecular flexibility index (Phi) is 11.7. The molecule has 0 aliphatic carbocycles. The predicted molar refractivity (Wildman–Crippen MR) is 199 cm³/mol. The van der Waals surface area contributed by atoms with Crippen LogP contribution in [0.25, 0.3) is 0 Å². The number of benzene rings is 1. The minimum Gasteiger partial charge on any atom is -0.493 e. The third kappa shape index (κ3) is 8.00. The second kappa shape index (κ2) is 16.1. The number of aromatic nitrogens is 3. The number of H-pyrrole nitrogens is 1. The highest BCUT2D eigenvalue weighted by molar-refractivity contribution is 7.10. The number of hydrogen-bond donors (Lipinski definition) is 2. The van der Waals surface area contributed by atoms with Crippen LogP contribution in [0.15, 0.2) is 54.2 Å². The summed E-state index contributed by atoms with van der Waals surface area (Å²) >= 11 is 1.46. The monoisotopic (exact) mass is 767 g/mol. The number of carbonyl (C=O) groups is 2. The highest BCUT2D eigenvalue weighted by atomic mass is 32.1. The van der Waals surface area contributed by atoms with Crippen molar-refractivity contribution in [3.63, 3.8) is 0 Å². The average Bonchev–Trinajstić information content (AvgIpc) is 3.72. The summed E-state index contributed by atoms with van der Waals surface area (Å²) < 4.78 is 55.2. The van der Waals surface area contributed by atoms with Crippen molar-refractivity contribution in [2.24, 2.45) is 0 Å². The number of halogens is 3. The Bertz CT molecular complexity index is 1920. The molecule has 2 aliphatic heterocycles. The van der Waals surface area contributed by atoms with E-state index in [1.165, 1.54) is 21.8 Å². The first-order valence-electron chi connectivity index (χ1n) is 18.6. The van der Waals surface area contributed by atoms with Crippen molar-refractivity contribution in [2.45, 2.75) is 102 Å². The topological polar surface area (TPSA) is 121 Å². The van der Waals surface area contributed by atoms with Crippen molar-refractivity contribution in [1.29, 1.82) is 0 Å². The number of carbonyl (C=O) groups excluding carboxylic acids is 2. The number of rotatable bonds is 12. The van der Waals surface area contributed by atoms with Crippen LogP contribution in [-0.2, 0) is 23.0 Å². The van der Waals surface area contributed by atoms with Gasteiger partial charge in [0.2, 0.25) is 5.60 Å². The lowest BCUT2D eigenvalue weighted by atomic mass is 9.78. The number of pyridine rings is 1. The number of piperidine rings is 2. The summed E-state index contributed by atoms with van der Waals surface area (Å²) in [5, 5.41) is 21.2. The zero-order chi connectivity index (χ0) is 38.7. The maximum atomic E-state index is 15.0. The van der Waals surface area contributed by atoms with Gasteiger partial charge in [-0.25, -0.2) is 0 Å². The fourth-order valence-electron chi connectivity index (χ4n) is 8.02. The highest BCUT2D eigenvalue weighted by Gasteiger charge is 2.56. The van der Waals surface area contributed by atoms with E-state index >= 15 is 0 Å². The Hall–Kier alpha value is -4.43. The number of alkyl halides is 3. The SMILES string of the molecule is CCC[C@H]1N(C(=O)c2cnccc2C(F)(F)F)CCC[C@@]1(Oc1csc(C)c1)C(=O)N1CCC(O)(c2ccccc2OCCCc2c(C)n[nH]c2C)CC1. The van der Waals surface area contributed by atoms with Crippen molar-refractivity contribution >= 4 is 23.2 Å². The number of ether oxygens (including phenoxy) is 2. The van der Waals surface area contributed by atoms with Crippen LogP contribution in [0, 0.1) is 20.8 Å². The molecule has 6 rings (SSSR count). The van der Waals surface area contributed by atoms with Gasteiger partial charge in [-0.15, -0.1) is 11.3 Å². The summed E-state index contributed by atoms with van der Waals surface area (Å²) in [5.74, 6) is -0.126. The van der Waals surface area contributed by atoms with E-state index in [9.17, 15) is 27.9 Å². The second-order valence-corrected chi connectivity index (χ2v) is 15.5. The first-order valence-corrected chi connectivity index (χ1v) is 19.5. The molecule has 290 valence electrons. The van der Waals surface area contributed by atoms with Crippen molar-refractivity contribution in [1.82, 2.24) is 25.0 Å². The largest absolute Gasteiger partial charge is 0.493 e. The number of para-hydroxylation sites is 1. The molecule has 10 nitrogen and oxygen atoms in total. The maximum Gasteiger partial charge on any atom is 0.417 e. The molecule has 0 radical (unpaired) electrons. The molecule has 0 bridgehead atoms. The minimum atomic E-state index is -4.77. The number of hydrogen-bond acceptors (Lipinski definition) is 8. The Morgan fingerprint density at radius 1 is 1.09 bits per heavy atom. The van der Waals surface area contributed by atoms with Gasteiger partial charge in [-0.2, -0.15) is 18.3 Å². The van der Waals surface area contributed by atoms with E-state index in [4.69, 9.17) is 9.47 Å². The van der Waals surface area contributed by atoms with Gasteiger partial charge in [0, 0.05) is 60.0 Å². The number of thiophene rings is 1. The van der Waals surface area contributed by atoms with Crippen molar-refractivity contribution in [3.8, 4) is 11.5 Å². The van der Waals surface area contributed by atoms with Gasteiger partial charge in [0.1, 0.15) is 11.5 Å². The molecule has 2 fully saturated rings. The van der Waals surface area contributed by atoms with Crippen LogP contribution in [0.4, 0.5) is 13.2 Å². The molecule has 2 N–H and O–H groups in total. The summed E-state index contributed by atoms with van der Waals surface area (Å²) in [7, 11) is 0. The first kappa shape index (κ1) is 39.3. The highest BCUT2D eigenvalue weighted by Crippen LogP contribution is 2.43. The summed E-state index contributed by atoms with van der Waals surface area (Å²) in [6, 6.07) is 9.20. The molecule has 2 amide bonds. The standard InChI is InChI=1S/C40H48F3N5O5S/c1-5-10-35-39(53-29-23-26(2)54-25-29,15-9-19-48(35)36(49)31-24-44-18-14-32(31)40(41,42)43)37(50)47-20-16-38(51,17-21-47)33-12-6-7-13-34(33)52-22-8-11-30-27(3)45-46-28(30)4/h6-7,12-14,18,23-25,35,51H,5,8-11,15-17,19-22H2,1-4H3,(H,45,46)/t35-,39+/m1/s1. The maximum absolute atomic E-state index is 15.0. The van der Waals surface area contributed by atoms with Gasteiger partial charge in [0.25, 0.3) is 11.8 Å². The summed E-state index contributed by atoms with van der Waals surface area (Å²) in [4.78, 5) is 37.0. The van der Waals surface area contributed by atoms with E-state index in [2.05, 4.69) is 15.2 Å². The molecule has 0 unspecified atom stereocenters. The van der Waals surface area contributed by atoms with Gasteiger partial charge in [-0.1, -0.05) is 31.5 Å². The quantitative estimate of drug-likeness (QED) is 0.143. The smallest absolute Gasteiger partial charge is 0.417 e. The molecule has 4 aromatic rings. The molecule has 5 heterocycles. The van der Waals surface area contributed by atoms with Gasteiger partial charge in [-0.3, -0.25) is 19.7 Å². The van der Waals surface area contributed by atoms with Gasteiger partial charge in [-0.05, 0) is 83.1 Å². The van der Waals surface area contributed by atoms with E-state index in [-0.39, 0.29) is 44.8 Å². The molecule has 14 heteroatoms. The molecular weight excluding hydrogens is 720 g/mol. The fraction of sp³-hybridized carbons (Fsp3) is 0.500. The van der Waals surface area contributed by atoms with Crippen LogP contribution in [0.5, 0.6) is 11.5 Å².